The topological polar surface area (TPSA) is 106 Å². The molecule has 3 aromatic rings. The maximum Gasteiger partial charge on any atom is 0.316 e. The Balaban J connectivity index is 1.53. The standard InChI is InChI=1S/C28H29ClN4O4/c1-27(2)12-19(13-28(3,4)37-27)33-25(34)17-9-10-24(22(29)11-17)36-23-8-6-7-20(21(23)14-30)18-15-31-26(35-5)32-16-18/h6-11,15-16,19H,12-13H2,1-5H3,(H,33,34). The van der Waals surface area contributed by atoms with E-state index in [-0.39, 0.29) is 34.2 Å². The zero-order chi connectivity index (χ0) is 26.8. The Labute approximate surface area is 221 Å². The van der Waals surface area contributed by atoms with E-state index in [2.05, 4.69) is 21.4 Å². The lowest BCUT2D eigenvalue weighted by Gasteiger charge is -2.45. The molecule has 0 radical (unpaired) electrons. The van der Waals surface area contributed by atoms with E-state index in [1.807, 2.05) is 27.7 Å². The Bertz CT molecular complexity index is 1330. The Morgan fingerprint density at radius 2 is 1.78 bits per heavy atom. The van der Waals surface area contributed by atoms with E-state index < -0.39 is 0 Å². The molecule has 0 unspecified atom stereocenters. The molecule has 1 fully saturated rings. The number of benzene rings is 2. The first kappa shape index (κ1) is 26.4. The van der Waals surface area contributed by atoms with Crippen LogP contribution in [-0.4, -0.2) is 40.2 Å². The molecule has 0 saturated carbocycles. The van der Waals surface area contributed by atoms with Crippen molar-refractivity contribution in [1.29, 1.82) is 5.26 Å². The summed E-state index contributed by atoms with van der Waals surface area (Å²) in [6.45, 7) is 8.12. The molecule has 0 atom stereocenters. The number of rotatable bonds is 6. The Hall–Kier alpha value is -3.67. The number of hydrogen-bond donors (Lipinski definition) is 1. The number of nitrogens with zero attached hydrogens (tertiary/aromatic N) is 3. The summed E-state index contributed by atoms with van der Waals surface area (Å²) in [6, 6.07) is 12.5. The normalized spacial score (nSPS) is 16.5. The summed E-state index contributed by atoms with van der Waals surface area (Å²) in [4.78, 5) is 21.2. The van der Waals surface area contributed by atoms with Crippen molar-refractivity contribution in [2.45, 2.75) is 57.8 Å². The number of carbonyl (C=O) groups excluding carboxylic acids is 1. The second kappa shape index (κ2) is 10.4. The van der Waals surface area contributed by atoms with Gasteiger partial charge in [-0.3, -0.25) is 4.79 Å². The van der Waals surface area contributed by atoms with Gasteiger partial charge >= 0.3 is 6.01 Å². The summed E-state index contributed by atoms with van der Waals surface area (Å²) in [5.41, 5.74) is 1.31. The third-order valence-electron chi connectivity index (χ3n) is 6.04. The minimum Gasteiger partial charge on any atom is -0.467 e. The van der Waals surface area contributed by atoms with Crippen LogP contribution in [0, 0.1) is 11.3 Å². The first-order chi connectivity index (χ1) is 17.5. The number of hydrogen-bond acceptors (Lipinski definition) is 7. The SMILES string of the molecule is COc1ncc(-c2cccc(Oc3ccc(C(=O)NC4CC(C)(C)OC(C)(C)C4)cc3Cl)c2C#N)cn1. The largest absolute Gasteiger partial charge is 0.467 e. The average molecular weight is 521 g/mol. The third kappa shape index (κ3) is 6.19. The van der Waals surface area contributed by atoms with Crippen molar-refractivity contribution in [2.75, 3.05) is 7.11 Å². The van der Waals surface area contributed by atoms with Crippen LogP contribution < -0.4 is 14.8 Å². The van der Waals surface area contributed by atoms with Gasteiger partial charge in [-0.25, -0.2) is 9.97 Å². The summed E-state index contributed by atoms with van der Waals surface area (Å²) in [5.74, 6) is 0.430. The summed E-state index contributed by atoms with van der Waals surface area (Å²) < 4.78 is 17.1. The van der Waals surface area contributed by atoms with Gasteiger partial charge in [-0.05, 0) is 64.8 Å². The molecule has 0 spiro atoms. The lowest BCUT2D eigenvalue weighted by molar-refractivity contribution is -0.162. The van der Waals surface area contributed by atoms with Crippen molar-refractivity contribution in [1.82, 2.24) is 15.3 Å². The van der Waals surface area contributed by atoms with Gasteiger partial charge in [0.25, 0.3) is 5.91 Å². The van der Waals surface area contributed by atoms with Crippen molar-refractivity contribution < 1.29 is 19.0 Å². The second-order valence-electron chi connectivity index (χ2n) is 10.2. The van der Waals surface area contributed by atoms with E-state index in [4.69, 9.17) is 25.8 Å². The molecule has 9 heteroatoms. The van der Waals surface area contributed by atoms with E-state index >= 15 is 0 Å². The highest BCUT2D eigenvalue weighted by Gasteiger charge is 2.39. The van der Waals surface area contributed by atoms with Gasteiger partial charge in [0.2, 0.25) is 0 Å². The van der Waals surface area contributed by atoms with Crippen molar-refractivity contribution in [3.8, 4) is 34.7 Å². The number of aromatic nitrogens is 2. The van der Waals surface area contributed by atoms with Gasteiger partial charge in [-0.1, -0.05) is 23.7 Å². The predicted octanol–water partition coefficient (Wildman–Crippen LogP) is 5.94. The zero-order valence-corrected chi connectivity index (χ0v) is 22.2. The van der Waals surface area contributed by atoms with Gasteiger partial charge in [0.15, 0.2) is 0 Å². The summed E-state index contributed by atoms with van der Waals surface area (Å²) in [5, 5.41) is 13.2. The maximum absolute atomic E-state index is 13.0. The molecule has 4 rings (SSSR count). The van der Waals surface area contributed by atoms with Crippen LogP contribution in [0.2, 0.25) is 5.02 Å². The molecule has 0 aliphatic carbocycles. The minimum atomic E-state index is -0.333. The number of halogens is 1. The van der Waals surface area contributed by atoms with Crippen LogP contribution in [0.5, 0.6) is 17.5 Å². The smallest absolute Gasteiger partial charge is 0.316 e. The molecule has 1 N–H and O–H groups in total. The number of amides is 1. The quantitative estimate of drug-likeness (QED) is 0.429. The van der Waals surface area contributed by atoms with E-state index in [1.165, 1.54) is 7.11 Å². The van der Waals surface area contributed by atoms with E-state index in [0.29, 0.717) is 46.6 Å². The zero-order valence-electron chi connectivity index (χ0n) is 21.5. The van der Waals surface area contributed by atoms with Crippen LogP contribution in [0.25, 0.3) is 11.1 Å². The van der Waals surface area contributed by atoms with Gasteiger partial charge in [0.1, 0.15) is 23.1 Å². The summed E-state index contributed by atoms with van der Waals surface area (Å²) in [6.07, 6.45) is 4.58. The molecule has 1 aromatic heterocycles. The molecule has 1 amide bonds. The molecule has 8 nitrogen and oxygen atoms in total. The highest BCUT2D eigenvalue weighted by atomic mass is 35.5. The predicted molar refractivity (Wildman–Crippen MR) is 140 cm³/mol. The molecule has 2 aromatic carbocycles. The fourth-order valence-electron chi connectivity index (χ4n) is 4.84. The molecular formula is C28H29ClN4O4. The van der Waals surface area contributed by atoms with Crippen LogP contribution in [0.1, 0.15) is 56.5 Å². The van der Waals surface area contributed by atoms with Crippen LogP contribution in [0.4, 0.5) is 0 Å². The van der Waals surface area contributed by atoms with Gasteiger partial charge in [-0.15, -0.1) is 0 Å². The molecule has 1 saturated heterocycles. The number of carbonyl (C=O) groups is 1. The summed E-state index contributed by atoms with van der Waals surface area (Å²) in [7, 11) is 1.48. The second-order valence-corrected chi connectivity index (χ2v) is 10.6. The lowest BCUT2D eigenvalue weighted by Crippen LogP contribution is -2.52. The van der Waals surface area contributed by atoms with Crippen molar-refractivity contribution >= 4 is 17.5 Å². The van der Waals surface area contributed by atoms with Crippen LogP contribution in [0.3, 0.4) is 0 Å². The summed E-state index contributed by atoms with van der Waals surface area (Å²) >= 11 is 6.50. The van der Waals surface area contributed by atoms with Gasteiger partial charge in [0.05, 0.1) is 23.3 Å². The van der Waals surface area contributed by atoms with E-state index in [1.54, 1.807) is 48.8 Å². The number of nitrogens with one attached hydrogen (secondary N) is 1. The molecular weight excluding hydrogens is 492 g/mol. The number of ether oxygens (including phenoxy) is 3. The Morgan fingerprint density at radius 3 is 2.38 bits per heavy atom. The molecule has 192 valence electrons. The van der Waals surface area contributed by atoms with Crippen LogP contribution in [-0.2, 0) is 4.74 Å². The highest BCUT2D eigenvalue weighted by molar-refractivity contribution is 6.32. The molecule has 1 aliphatic heterocycles. The monoisotopic (exact) mass is 520 g/mol. The lowest BCUT2D eigenvalue weighted by atomic mass is 9.85. The van der Waals surface area contributed by atoms with Crippen molar-refractivity contribution in [2.24, 2.45) is 0 Å². The fourth-order valence-corrected chi connectivity index (χ4v) is 5.06. The number of nitriles is 1. The van der Waals surface area contributed by atoms with E-state index in [9.17, 15) is 10.1 Å². The van der Waals surface area contributed by atoms with Gasteiger partial charge in [0, 0.05) is 35.1 Å². The maximum atomic E-state index is 13.0. The van der Waals surface area contributed by atoms with Crippen molar-refractivity contribution in [3.63, 3.8) is 0 Å². The molecule has 2 heterocycles. The number of methoxy groups -OCH3 is 1. The Morgan fingerprint density at radius 1 is 1.11 bits per heavy atom. The minimum absolute atomic E-state index is 0.0242. The van der Waals surface area contributed by atoms with Gasteiger partial charge in [-0.2, -0.15) is 5.26 Å². The third-order valence-corrected chi connectivity index (χ3v) is 6.33. The Kier molecular flexibility index (Phi) is 7.39. The molecule has 0 bridgehead atoms. The average Bonchev–Trinajstić information content (AvgIpc) is 2.83. The highest BCUT2D eigenvalue weighted by Crippen LogP contribution is 2.37. The van der Waals surface area contributed by atoms with Gasteiger partial charge < -0.3 is 19.5 Å². The molecule has 1 aliphatic rings. The first-order valence-corrected chi connectivity index (χ1v) is 12.3. The van der Waals surface area contributed by atoms with Crippen LogP contribution in [0.15, 0.2) is 48.8 Å². The fraction of sp³-hybridized carbons (Fsp3) is 0.357. The van der Waals surface area contributed by atoms with E-state index in [0.717, 1.165) is 0 Å². The first-order valence-electron chi connectivity index (χ1n) is 11.9. The molecule has 37 heavy (non-hydrogen) atoms. The van der Waals surface area contributed by atoms with Crippen LogP contribution >= 0.6 is 11.6 Å². The van der Waals surface area contributed by atoms with Crippen molar-refractivity contribution in [3.05, 3.63) is 64.9 Å².